The molecule has 1 aliphatic rings. The topological polar surface area (TPSA) is 83.8 Å². The Morgan fingerprint density at radius 2 is 1.71 bits per heavy atom. The summed E-state index contributed by atoms with van der Waals surface area (Å²) in [5.74, 6) is -1.44. The molecule has 1 unspecified atom stereocenters. The van der Waals surface area contributed by atoms with Crippen molar-refractivity contribution in [3.8, 4) is 0 Å². The Balaban J connectivity index is 2.31. The lowest BCUT2D eigenvalue weighted by Crippen LogP contribution is -2.45. The van der Waals surface area contributed by atoms with Crippen LogP contribution in [0.4, 0.5) is 0 Å². The highest BCUT2D eigenvalue weighted by Gasteiger charge is 2.42. The molecule has 1 aromatic carbocycles. The van der Waals surface area contributed by atoms with Gasteiger partial charge in [-0.05, 0) is 37.7 Å². The smallest absolute Gasteiger partial charge is 0.309 e. The Kier molecular flexibility index (Phi) is 9.01. The SMILES string of the molecule is C/C1=C/C[C@@H](c2ccccc2)OC(=O)C[C@H](O)C(C)(C)C(=O)[C@H](C)C(O)[C@@H](C)CCC1. The Morgan fingerprint density at radius 3 is 2.35 bits per heavy atom. The van der Waals surface area contributed by atoms with Gasteiger partial charge >= 0.3 is 5.97 Å². The van der Waals surface area contributed by atoms with Gasteiger partial charge in [-0.1, -0.05) is 69.7 Å². The van der Waals surface area contributed by atoms with Crippen LogP contribution in [0.2, 0.25) is 0 Å². The molecule has 31 heavy (non-hydrogen) atoms. The summed E-state index contributed by atoms with van der Waals surface area (Å²) in [4.78, 5) is 25.8. The summed E-state index contributed by atoms with van der Waals surface area (Å²) in [6.45, 7) is 8.99. The monoisotopic (exact) mass is 430 g/mol. The number of aliphatic hydroxyl groups is 2. The van der Waals surface area contributed by atoms with E-state index in [9.17, 15) is 19.8 Å². The predicted octanol–water partition coefficient (Wildman–Crippen LogP) is 4.77. The summed E-state index contributed by atoms with van der Waals surface area (Å²) in [7, 11) is 0. The van der Waals surface area contributed by atoms with Gasteiger partial charge in [0.1, 0.15) is 11.9 Å². The lowest BCUT2D eigenvalue weighted by atomic mass is 9.73. The van der Waals surface area contributed by atoms with Crippen LogP contribution in [0, 0.1) is 17.3 Å². The molecule has 0 aliphatic carbocycles. The number of hydrogen-bond donors (Lipinski definition) is 2. The number of esters is 1. The Morgan fingerprint density at radius 1 is 1.06 bits per heavy atom. The van der Waals surface area contributed by atoms with Crippen LogP contribution in [0.25, 0.3) is 0 Å². The van der Waals surface area contributed by atoms with Gasteiger partial charge in [0.15, 0.2) is 0 Å². The molecule has 0 saturated carbocycles. The number of allylic oxidation sites excluding steroid dienone is 1. The molecule has 0 saturated heterocycles. The summed E-state index contributed by atoms with van der Waals surface area (Å²) < 4.78 is 5.75. The highest BCUT2D eigenvalue weighted by molar-refractivity contribution is 5.87. The molecule has 0 fully saturated rings. The fraction of sp³-hybridized carbons (Fsp3) is 0.615. The normalized spacial score (nSPS) is 33.3. The van der Waals surface area contributed by atoms with Gasteiger partial charge < -0.3 is 14.9 Å². The van der Waals surface area contributed by atoms with Gasteiger partial charge in [-0.25, -0.2) is 0 Å². The largest absolute Gasteiger partial charge is 0.457 e. The van der Waals surface area contributed by atoms with E-state index >= 15 is 0 Å². The van der Waals surface area contributed by atoms with E-state index in [0.29, 0.717) is 6.42 Å². The van der Waals surface area contributed by atoms with Crippen molar-refractivity contribution in [3.63, 3.8) is 0 Å². The second-order valence-corrected chi connectivity index (χ2v) is 9.63. The van der Waals surface area contributed by atoms with Crippen molar-refractivity contribution in [1.82, 2.24) is 0 Å². The summed E-state index contributed by atoms with van der Waals surface area (Å²) in [6.07, 6.45) is 2.56. The maximum atomic E-state index is 13.1. The highest BCUT2D eigenvalue weighted by atomic mass is 16.5. The summed E-state index contributed by atoms with van der Waals surface area (Å²) in [6, 6.07) is 9.58. The standard InChI is InChI=1S/C26H38O5/c1-17-10-9-11-18(2)24(29)19(3)25(30)26(4,5)22(27)16-23(28)31-21(15-14-17)20-12-7-6-8-13-20/h6-8,12-14,18-19,21-22,24,27,29H,9-11,15-16H2,1-5H3/b17-14-/t18-,19+,21-,22-,24?/m0/s1. The zero-order valence-corrected chi connectivity index (χ0v) is 19.5. The molecule has 0 amide bonds. The summed E-state index contributed by atoms with van der Waals surface area (Å²) in [5, 5.41) is 21.5. The van der Waals surface area contributed by atoms with Crippen LogP contribution in [0.5, 0.6) is 0 Å². The Bertz CT molecular complexity index is 767. The first-order valence-electron chi connectivity index (χ1n) is 11.3. The van der Waals surface area contributed by atoms with E-state index in [0.717, 1.165) is 24.8 Å². The van der Waals surface area contributed by atoms with Gasteiger partial charge in [0.25, 0.3) is 0 Å². The fourth-order valence-corrected chi connectivity index (χ4v) is 4.22. The van der Waals surface area contributed by atoms with Crippen molar-refractivity contribution in [2.24, 2.45) is 17.3 Å². The van der Waals surface area contributed by atoms with Gasteiger partial charge in [-0.2, -0.15) is 0 Å². The first-order valence-corrected chi connectivity index (χ1v) is 11.3. The van der Waals surface area contributed by atoms with Crippen molar-refractivity contribution < 1.29 is 24.5 Å². The summed E-state index contributed by atoms with van der Waals surface area (Å²) in [5.41, 5.74) is 0.932. The van der Waals surface area contributed by atoms with Gasteiger partial charge in [0.2, 0.25) is 0 Å². The zero-order chi connectivity index (χ0) is 23.2. The minimum Gasteiger partial charge on any atom is -0.457 e. The van der Waals surface area contributed by atoms with E-state index in [1.807, 2.05) is 37.3 Å². The van der Waals surface area contributed by atoms with Crippen molar-refractivity contribution in [1.29, 1.82) is 0 Å². The molecular weight excluding hydrogens is 392 g/mol. The van der Waals surface area contributed by atoms with Crippen LogP contribution in [0.3, 0.4) is 0 Å². The molecule has 5 heteroatoms. The number of carbonyl (C=O) groups excluding carboxylic acids is 2. The number of hydrogen-bond acceptors (Lipinski definition) is 5. The molecule has 2 rings (SSSR count). The maximum absolute atomic E-state index is 13.1. The number of cyclic esters (lactones) is 1. The number of benzene rings is 1. The molecule has 0 aromatic heterocycles. The van der Waals surface area contributed by atoms with Crippen LogP contribution < -0.4 is 0 Å². The quantitative estimate of drug-likeness (QED) is 0.495. The average molecular weight is 431 g/mol. The number of ether oxygens (including phenoxy) is 1. The number of ketones is 1. The number of aliphatic hydroxyl groups excluding tert-OH is 2. The van der Waals surface area contributed by atoms with E-state index in [1.165, 1.54) is 5.57 Å². The van der Waals surface area contributed by atoms with Crippen LogP contribution in [-0.4, -0.2) is 34.2 Å². The molecule has 172 valence electrons. The lowest BCUT2D eigenvalue weighted by molar-refractivity contribution is -0.155. The van der Waals surface area contributed by atoms with Crippen LogP contribution in [-0.2, 0) is 14.3 Å². The lowest BCUT2D eigenvalue weighted by Gasteiger charge is -2.34. The van der Waals surface area contributed by atoms with Crippen molar-refractivity contribution in [2.45, 2.75) is 85.0 Å². The first-order chi connectivity index (χ1) is 14.5. The number of Topliss-reactive ketones (excluding diaryl/α,β-unsaturated/α-hetero) is 1. The van der Waals surface area contributed by atoms with Crippen molar-refractivity contribution in [2.75, 3.05) is 0 Å². The van der Waals surface area contributed by atoms with Gasteiger partial charge in [-0.3, -0.25) is 9.59 Å². The van der Waals surface area contributed by atoms with Crippen LogP contribution >= 0.6 is 0 Å². The van der Waals surface area contributed by atoms with E-state index in [2.05, 4.69) is 13.0 Å². The third-order valence-corrected chi connectivity index (χ3v) is 6.69. The van der Waals surface area contributed by atoms with E-state index in [-0.39, 0.29) is 18.1 Å². The van der Waals surface area contributed by atoms with E-state index in [4.69, 9.17) is 4.74 Å². The predicted molar refractivity (Wildman–Crippen MR) is 121 cm³/mol. The zero-order valence-electron chi connectivity index (χ0n) is 19.5. The molecule has 1 heterocycles. The van der Waals surface area contributed by atoms with E-state index < -0.39 is 35.6 Å². The molecule has 0 spiro atoms. The van der Waals surface area contributed by atoms with Crippen LogP contribution in [0.1, 0.15) is 78.4 Å². The highest BCUT2D eigenvalue weighted by Crippen LogP contribution is 2.33. The fourth-order valence-electron chi connectivity index (χ4n) is 4.22. The van der Waals surface area contributed by atoms with Crippen LogP contribution in [0.15, 0.2) is 42.0 Å². The third kappa shape index (κ3) is 6.75. The number of rotatable bonds is 1. The minimum atomic E-state index is -1.20. The second-order valence-electron chi connectivity index (χ2n) is 9.63. The van der Waals surface area contributed by atoms with Crippen molar-refractivity contribution >= 4 is 11.8 Å². The Labute approximate surface area is 186 Å². The minimum absolute atomic E-state index is 0.0327. The van der Waals surface area contributed by atoms with Gasteiger partial charge in [-0.15, -0.1) is 0 Å². The molecule has 2 N–H and O–H groups in total. The average Bonchev–Trinajstić information content (AvgIpc) is 2.74. The maximum Gasteiger partial charge on any atom is 0.309 e. The molecule has 0 radical (unpaired) electrons. The molecule has 5 nitrogen and oxygen atoms in total. The molecule has 1 aliphatic heterocycles. The first kappa shape index (κ1) is 25.3. The van der Waals surface area contributed by atoms with Crippen molar-refractivity contribution in [3.05, 3.63) is 47.5 Å². The molecule has 0 bridgehead atoms. The number of carbonyl (C=O) groups is 2. The second kappa shape index (κ2) is 11.1. The molecular formula is C26H38O5. The summed E-state index contributed by atoms with van der Waals surface area (Å²) >= 11 is 0. The van der Waals surface area contributed by atoms with Gasteiger partial charge in [0, 0.05) is 12.3 Å². The third-order valence-electron chi connectivity index (χ3n) is 6.69. The van der Waals surface area contributed by atoms with E-state index in [1.54, 1.807) is 20.8 Å². The molecule has 1 aromatic rings. The van der Waals surface area contributed by atoms with Gasteiger partial charge in [0.05, 0.1) is 24.0 Å². The Hall–Kier alpha value is -1.98. The molecule has 5 atom stereocenters.